The third kappa shape index (κ3) is 1.71. The van der Waals surface area contributed by atoms with E-state index < -0.39 is 5.97 Å². The van der Waals surface area contributed by atoms with Crippen molar-refractivity contribution in [3.63, 3.8) is 0 Å². The zero-order valence-corrected chi connectivity index (χ0v) is 11.0. The second kappa shape index (κ2) is 4.37. The molecule has 2 heterocycles. The number of nitrogens with two attached hydrogens (primary N) is 1. The number of esters is 1. The lowest BCUT2D eigenvalue weighted by molar-refractivity contribution is 0.0596. The molecule has 0 bridgehead atoms. The number of imidazole rings is 2. The zero-order valence-electron chi connectivity index (χ0n) is 11.0. The Balaban J connectivity index is 2.19. The first kappa shape index (κ1) is 12.2. The van der Waals surface area contributed by atoms with Gasteiger partial charge in [-0.3, -0.25) is 4.57 Å². The van der Waals surface area contributed by atoms with E-state index in [4.69, 9.17) is 5.73 Å². The van der Waals surface area contributed by atoms with E-state index in [1.165, 1.54) is 7.11 Å². The predicted octanol–water partition coefficient (Wildman–Crippen LogP) is 1.43. The summed E-state index contributed by atoms with van der Waals surface area (Å²) in [6, 6.07) is 7.61. The van der Waals surface area contributed by atoms with Crippen molar-refractivity contribution in [2.75, 3.05) is 12.8 Å². The number of ether oxygens (including phenoxy) is 1. The van der Waals surface area contributed by atoms with Crippen LogP contribution in [0, 0.1) is 6.92 Å². The van der Waals surface area contributed by atoms with Gasteiger partial charge in [-0.15, -0.1) is 0 Å². The third-order valence-corrected chi connectivity index (χ3v) is 3.05. The van der Waals surface area contributed by atoms with Gasteiger partial charge in [0, 0.05) is 0 Å². The number of para-hydroxylation sites is 2. The summed E-state index contributed by atoms with van der Waals surface area (Å²) in [6.07, 6.45) is 0. The van der Waals surface area contributed by atoms with Crippen molar-refractivity contribution in [1.29, 1.82) is 0 Å². The van der Waals surface area contributed by atoms with E-state index in [1.54, 1.807) is 11.5 Å². The first-order chi connectivity index (χ1) is 9.61. The number of hydrogen-bond donors (Lipinski definition) is 2. The van der Waals surface area contributed by atoms with Crippen LogP contribution in [0.15, 0.2) is 24.3 Å². The van der Waals surface area contributed by atoms with Crippen molar-refractivity contribution in [2.24, 2.45) is 0 Å². The Morgan fingerprint density at radius 3 is 2.80 bits per heavy atom. The second-order valence-electron chi connectivity index (χ2n) is 4.30. The van der Waals surface area contributed by atoms with Gasteiger partial charge in [0.1, 0.15) is 11.6 Å². The fourth-order valence-corrected chi connectivity index (χ4v) is 2.11. The van der Waals surface area contributed by atoms with E-state index in [9.17, 15) is 4.79 Å². The molecule has 0 aliphatic rings. The van der Waals surface area contributed by atoms with Crippen LogP contribution in [0.25, 0.3) is 17.0 Å². The number of fused-ring (bicyclic) bond motifs is 1. The SMILES string of the molecule is COC(=O)c1nc(C)n(-c2nc3ccccc3[nH]2)c1N. The number of rotatable bonds is 2. The number of carbonyl (C=O) groups excluding carboxylic acids is 1. The lowest BCUT2D eigenvalue weighted by Gasteiger charge is -2.02. The van der Waals surface area contributed by atoms with Crippen LogP contribution < -0.4 is 5.73 Å². The molecule has 0 radical (unpaired) electrons. The molecule has 7 heteroatoms. The number of nitrogen functional groups attached to an aromatic ring is 1. The van der Waals surface area contributed by atoms with Crippen molar-refractivity contribution < 1.29 is 9.53 Å². The Hall–Kier alpha value is -2.83. The Bertz CT molecular complexity index is 769. The van der Waals surface area contributed by atoms with Gasteiger partial charge >= 0.3 is 5.97 Å². The molecular formula is C13H13N5O2. The van der Waals surface area contributed by atoms with E-state index in [1.807, 2.05) is 24.3 Å². The zero-order chi connectivity index (χ0) is 14.3. The van der Waals surface area contributed by atoms with Gasteiger partial charge in [-0.2, -0.15) is 0 Å². The highest BCUT2D eigenvalue weighted by molar-refractivity contribution is 5.92. The van der Waals surface area contributed by atoms with Crippen LogP contribution >= 0.6 is 0 Å². The maximum absolute atomic E-state index is 11.6. The molecule has 0 saturated heterocycles. The van der Waals surface area contributed by atoms with Gasteiger partial charge in [-0.25, -0.2) is 14.8 Å². The van der Waals surface area contributed by atoms with Gasteiger partial charge in [0.05, 0.1) is 18.1 Å². The van der Waals surface area contributed by atoms with Crippen molar-refractivity contribution in [2.45, 2.75) is 6.92 Å². The minimum absolute atomic E-state index is 0.0884. The second-order valence-corrected chi connectivity index (χ2v) is 4.30. The number of H-pyrrole nitrogens is 1. The number of hydrogen-bond acceptors (Lipinski definition) is 5. The summed E-state index contributed by atoms with van der Waals surface area (Å²) < 4.78 is 6.24. The number of methoxy groups -OCH3 is 1. The number of aryl methyl sites for hydroxylation is 1. The molecule has 0 saturated carbocycles. The summed E-state index contributed by atoms with van der Waals surface area (Å²) in [5.74, 6) is 0.708. The topological polar surface area (TPSA) is 98.8 Å². The van der Waals surface area contributed by atoms with Gasteiger partial charge in [0.25, 0.3) is 0 Å². The van der Waals surface area contributed by atoms with Crippen molar-refractivity contribution in [1.82, 2.24) is 19.5 Å². The standard InChI is InChI=1S/C13H13N5O2/c1-7-15-10(12(19)20-2)11(14)18(7)13-16-8-5-3-4-6-9(8)17-13/h3-6H,14H2,1-2H3,(H,16,17). The minimum Gasteiger partial charge on any atom is -0.464 e. The fraction of sp³-hybridized carbons (Fsp3) is 0.154. The van der Waals surface area contributed by atoms with Crippen LogP contribution in [0.5, 0.6) is 0 Å². The van der Waals surface area contributed by atoms with Crippen molar-refractivity contribution in [3.8, 4) is 5.95 Å². The van der Waals surface area contributed by atoms with Crippen molar-refractivity contribution >= 4 is 22.8 Å². The summed E-state index contributed by atoms with van der Waals surface area (Å²) in [5.41, 5.74) is 7.76. The summed E-state index contributed by atoms with van der Waals surface area (Å²) in [4.78, 5) is 23.3. The highest BCUT2D eigenvalue weighted by atomic mass is 16.5. The highest BCUT2D eigenvalue weighted by Crippen LogP contribution is 2.21. The van der Waals surface area contributed by atoms with E-state index in [0.717, 1.165) is 11.0 Å². The molecule has 20 heavy (non-hydrogen) atoms. The van der Waals surface area contributed by atoms with Crippen LogP contribution in [0.1, 0.15) is 16.3 Å². The molecule has 0 amide bonds. The molecule has 3 rings (SSSR count). The summed E-state index contributed by atoms with van der Waals surface area (Å²) in [5, 5.41) is 0. The van der Waals surface area contributed by atoms with E-state index in [0.29, 0.717) is 11.8 Å². The van der Waals surface area contributed by atoms with Crippen LogP contribution in [0.4, 0.5) is 5.82 Å². The number of carbonyl (C=O) groups is 1. The Kier molecular flexibility index (Phi) is 2.67. The number of nitrogens with one attached hydrogen (secondary N) is 1. The lowest BCUT2D eigenvalue weighted by Crippen LogP contribution is -2.08. The largest absolute Gasteiger partial charge is 0.464 e. The molecule has 0 atom stereocenters. The number of nitrogens with zero attached hydrogens (tertiary/aromatic N) is 3. The maximum Gasteiger partial charge on any atom is 0.360 e. The molecule has 0 aliphatic heterocycles. The first-order valence-electron chi connectivity index (χ1n) is 6.00. The van der Waals surface area contributed by atoms with Crippen LogP contribution in [-0.2, 0) is 4.74 Å². The predicted molar refractivity (Wildman–Crippen MR) is 73.7 cm³/mol. The number of benzene rings is 1. The molecule has 7 nitrogen and oxygen atoms in total. The lowest BCUT2D eigenvalue weighted by atomic mass is 10.3. The van der Waals surface area contributed by atoms with E-state index >= 15 is 0 Å². The van der Waals surface area contributed by atoms with E-state index in [2.05, 4.69) is 19.7 Å². The molecule has 3 aromatic rings. The Labute approximate surface area is 114 Å². The first-order valence-corrected chi connectivity index (χ1v) is 6.00. The quantitative estimate of drug-likeness (QED) is 0.687. The van der Waals surface area contributed by atoms with Crippen LogP contribution in [0.2, 0.25) is 0 Å². The van der Waals surface area contributed by atoms with Gasteiger partial charge in [-0.05, 0) is 19.1 Å². The Morgan fingerprint density at radius 2 is 2.10 bits per heavy atom. The molecule has 0 unspecified atom stereocenters. The minimum atomic E-state index is -0.569. The Morgan fingerprint density at radius 1 is 1.35 bits per heavy atom. The molecule has 0 aliphatic carbocycles. The molecule has 0 spiro atoms. The monoisotopic (exact) mass is 271 g/mol. The van der Waals surface area contributed by atoms with Crippen LogP contribution in [0.3, 0.4) is 0 Å². The third-order valence-electron chi connectivity index (χ3n) is 3.05. The fourth-order valence-electron chi connectivity index (χ4n) is 2.11. The smallest absolute Gasteiger partial charge is 0.360 e. The summed E-state index contributed by atoms with van der Waals surface area (Å²) in [7, 11) is 1.29. The average Bonchev–Trinajstić information content (AvgIpc) is 2.98. The molecule has 3 N–H and O–H groups in total. The normalized spacial score (nSPS) is 10.9. The van der Waals surface area contributed by atoms with Gasteiger partial charge in [0.2, 0.25) is 5.95 Å². The van der Waals surface area contributed by atoms with Gasteiger partial charge < -0.3 is 15.5 Å². The molecule has 0 fully saturated rings. The average molecular weight is 271 g/mol. The van der Waals surface area contributed by atoms with E-state index in [-0.39, 0.29) is 11.5 Å². The highest BCUT2D eigenvalue weighted by Gasteiger charge is 2.21. The molecule has 2 aromatic heterocycles. The maximum atomic E-state index is 11.6. The van der Waals surface area contributed by atoms with Crippen LogP contribution in [-0.4, -0.2) is 32.6 Å². The molecular weight excluding hydrogens is 258 g/mol. The molecule has 102 valence electrons. The molecule has 1 aromatic carbocycles. The van der Waals surface area contributed by atoms with Gasteiger partial charge in [0.15, 0.2) is 5.69 Å². The number of aromatic amines is 1. The number of aromatic nitrogens is 4. The summed E-state index contributed by atoms with van der Waals surface area (Å²) >= 11 is 0. The number of anilines is 1. The summed E-state index contributed by atoms with van der Waals surface area (Å²) in [6.45, 7) is 1.75. The van der Waals surface area contributed by atoms with Gasteiger partial charge in [-0.1, -0.05) is 12.1 Å². The van der Waals surface area contributed by atoms with Crippen molar-refractivity contribution in [3.05, 3.63) is 35.8 Å².